The monoisotopic (exact) mass is 2000 g/mol. The number of anilines is 5. The number of pyridine rings is 3. The first-order chi connectivity index (χ1) is 71.7. The third-order valence-electron chi connectivity index (χ3n) is 28.6. The lowest BCUT2D eigenvalue weighted by atomic mass is 9.76. The third-order valence-corrected chi connectivity index (χ3v) is 28.6. The molecular formula is C117H132FN25O6. The van der Waals surface area contributed by atoms with Crippen LogP contribution < -0.4 is 43.9 Å². The predicted molar refractivity (Wildman–Crippen MR) is 585 cm³/mol. The molecular weight excluding hydrogens is 1870 g/mol. The fourth-order valence-corrected chi connectivity index (χ4v) is 21.2. The Morgan fingerprint density at radius 1 is 0.450 bits per heavy atom. The van der Waals surface area contributed by atoms with Crippen molar-refractivity contribution in [1.29, 1.82) is 0 Å². The number of nitrogens with one attached hydrogen (secondary N) is 3. The van der Waals surface area contributed by atoms with E-state index in [-0.39, 0.29) is 22.6 Å². The van der Waals surface area contributed by atoms with Crippen molar-refractivity contribution in [2.24, 2.45) is 20.8 Å². The number of imidazole rings is 2. The number of fused-ring (bicyclic) bond motifs is 10. The Kier molecular flexibility index (Phi) is 29.2. The molecule has 9 aromatic heterocycles. The number of nitrogens with zero attached hydrogens (tertiary/aromatic N) is 22. The average Bonchev–Trinajstić information content (AvgIpc) is 1.63. The number of hydrogen-bond donors (Lipinski definition) is 3. The standard InChI is InChI=1S/C33H34FN5O.C29H35N7O.C28H34N6O.C27H29N7O3/c1-21-15-26-8-7-25(18-30(26)35-21)24-9-12-31-27(17-24)19-39(13-14-40-31)33-29(16-23-5-10-28(34)11-6-23)22(2)36-32(37-33)20-38(3)4;1-18-31-24-13-20(15-30-27(24)32-18)19-6-7-25-21(12-19)16-36(10-11-37-25)28-22-14-29(2,3)9-8-23(22)33-26(34-28)17-35(4)5;1-17(2)27-19(4)31-26(16-33(5)6)32-28(27)34-9-10-35-25-8-7-20(12-22(25)15-34)21-13-24-23(29-14-21)11-18(3)30-24;1-27(2)7-6-20-19(12-27)24(30-15-29-20)34-8-9-37-22-5-4-16(10-18(22)14-34)17-11-21-23(28-13-17)32-25(31-21)33-26(35)36-3/h5-12,17-18H,13-16,19-20H2,1-4H3;6-7,12-13,15H,8-11,14,16-17H2,1-5H3,(H,30,31,32);7-8,12-14,17H,9-11,15-16H2,1-6H3;4-5,10-11,13,15H,6-9,12,14H2,1-3H3,(H2,28,31,32,33,35). The van der Waals surface area contributed by atoms with Gasteiger partial charge in [-0.25, -0.2) is 64.0 Å². The van der Waals surface area contributed by atoms with E-state index in [0.717, 1.165) is 289 Å². The molecule has 15 heterocycles. The molecule has 6 aromatic carbocycles. The molecule has 31 nitrogen and oxygen atoms in total. The molecule has 6 aliphatic heterocycles. The fourth-order valence-electron chi connectivity index (χ4n) is 21.2. The van der Waals surface area contributed by atoms with Gasteiger partial charge in [-0.2, -0.15) is 4.98 Å². The first-order valence-corrected chi connectivity index (χ1v) is 51.6. The number of aromatic nitrogens is 15. The summed E-state index contributed by atoms with van der Waals surface area (Å²) in [5, 5.41) is 2.53. The molecule has 0 spiro atoms. The molecule has 0 saturated heterocycles. The maximum atomic E-state index is 13.6. The molecule has 2 aliphatic carbocycles. The van der Waals surface area contributed by atoms with Gasteiger partial charge in [0.25, 0.3) is 0 Å². The molecule has 0 bridgehead atoms. The zero-order valence-electron chi connectivity index (χ0n) is 88.7. The molecule has 15 aromatic rings. The molecule has 1 amide bonds. The maximum absolute atomic E-state index is 13.6. The Bertz CT molecular complexity index is 7640. The van der Waals surface area contributed by atoms with Crippen molar-refractivity contribution in [3.05, 3.63) is 272 Å². The molecule has 3 N–H and O–H groups in total. The number of methoxy groups -OCH3 is 1. The number of H-pyrrole nitrogens is 2. The number of ether oxygens (including phenoxy) is 5. The minimum Gasteiger partial charge on any atom is -0.491 e. The second-order valence-electron chi connectivity index (χ2n) is 43.0. The molecule has 23 rings (SSSR count). The predicted octanol–water partition coefficient (Wildman–Crippen LogP) is 20.6. The molecule has 0 fully saturated rings. The van der Waals surface area contributed by atoms with Crippen molar-refractivity contribution < 1.29 is 32.9 Å². The van der Waals surface area contributed by atoms with Gasteiger partial charge in [-0.05, 0) is 256 Å². The number of halogens is 1. The smallest absolute Gasteiger partial charge is 0.413 e. The Morgan fingerprint density at radius 3 is 1.46 bits per heavy atom. The van der Waals surface area contributed by atoms with Gasteiger partial charge in [0.15, 0.2) is 11.3 Å². The first-order valence-electron chi connectivity index (χ1n) is 51.6. The number of aryl methyl sites for hydroxylation is 5. The van der Waals surface area contributed by atoms with Gasteiger partial charge in [-0.3, -0.25) is 20.3 Å². The SMILES string of the molecule is CC1=Nc2cc(-c3ccc4c(c3)CN(c3nc(CN(C)C)nc(C)c3C(C)C)CCO4)cnc2C1.CC1=Nc2cc(-c3ccc4c(c3)CN(c3nc(CN(C)C)nc(C)c3Cc3ccc(F)cc3)CCO4)ccc2C1.COC(=O)Nc1nc2ncc(-c3ccc4c(c3)CN(c3ncnc5c3CC(C)(C)CC5)CCO4)cc2[nH]1.Cc1nc2ncc(-c3ccc4c(c3)CN(c3nc(CN(C)C)nc5c3CC(C)(C)CC5)CCO4)cc2[nH]1. The Hall–Kier alpha value is -15.2. The summed E-state index contributed by atoms with van der Waals surface area (Å²) in [6.45, 7) is 34.3. The molecule has 32 heteroatoms. The molecule has 149 heavy (non-hydrogen) atoms. The summed E-state index contributed by atoms with van der Waals surface area (Å²) in [7, 11) is 13.6. The Labute approximate surface area is 870 Å². The number of hydrogen-bond acceptors (Lipinski definition) is 28. The van der Waals surface area contributed by atoms with Crippen LogP contribution in [0.15, 0.2) is 168 Å². The van der Waals surface area contributed by atoms with Gasteiger partial charge < -0.3 is 68.0 Å². The van der Waals surface area contributed by atoms with Gasteiger partial charge >= 0.3 is 6.09 Å². The van der Waals surface area contributed by atoms with E-state index < -0.39 is 6.09 Å². The second kappa shape index (κ2) is 43.0. The summed E-state index contributed by atoms with van der Waals surface area (Å²) in [6.07, 6.45) is 15.4. The van der Waals surface area contributed by atoms with E-state index in [9.17, 15) is 9.18 Å². The molecule has 0 saturated carbocycles. The number of aromatic amines is 2. The van der Waals surface area contributed by atoms with Gasteiger partial charge in [-0.15, -0.1) is 0 Å². The molecule has 8 aliphatic rings. The summed E-state index contributed by atoms with van der Waals surface area (Å²) in [4.78, 5) is 105. The summed E-state index contributed by atoms with van der Waals surface area (Å²) in [5.41, 5.74) is 33.5. The van der Waals surface area contributed by atoms with Crippen LogP contribution in [0.5, 0.6) is 23.0 Å². The highest BCUT2D eigenvalue weighted by Gasteiger charge is 2.36. The van der Waals surface area contributed by atoms with Crippen molar-refractivity contribution in [1.82, 2.24) is 89.5 Å². The van der Waals surface area contributed by atoms with Crippen LogP contribution >= 0.6 is 0 Å². The van der Waals surface area contributed by atoms with Gasteiger partial charge in [0.1, 0.15) is 108 Å². The summed E-state index contributed by atoms with van der Waals surface area (Å²) < 4.78 is 43.0. The highest BCUT2D eigenvalue weighted by Crippen LogP contribution is 2.46. The second-order valence-corrected chi connectivity index (χ2v) is 43.0. The van der Waals surface area contributed by atoms with E-state index in [1.807, 2.05) is 84.8 Å². The number of carbonyl (C=O) groups excluding carboxylic acids is 1. The Balaban J connectivity index is 0.000000120. The minimum absolute atomic E-state index is 0.235. The summed E-state index contributed by atoms with van der Waals surface area (Å²) in [6, 6.07) is 45.0. The van der Waals surface area contributed by atoms with Crippen molar-refractivity contribution in [2.45, 2.75) is 186 Å². The largest absolute Gasteiger partial charge is 0.491 e. The van der Waals surface area contributed by atoms with Crippen LogP contribution in [-0.4, -0.2) is 209 Å². The van der Waals surface area contributed by atoms with Crippen LogP contribution in [0, 0.1) is 37.4 Å². The topological polar surface area (TPSA) is 322 Å². The summed E-state index contributed by atoms with van der Waals surface area (Å²) in [5.74, 6) is 11.5. The fraction of sp³-hybridized carbons (Fsp3) is 0.385. The quantitative estimate of drug-likeness (QED) is 0.0718. The third kappa shape index (κ3) is 23.2. The number of carbonyl (C=O) groups is 1. The van der Waals surface area contributed by atoms with Crippen LogP contribution in [0.3, 0.4) is 0 Å². The highest BCUT2D eigenvalue weighted by atomic mass is 19.1. The van der Waals surface area contributed by atoms with Crippen molar-refractivity contribution in [2.75, 3.05) is 127 Å². The van der Waals surface area contributed by atoms with Crippen LogP contribution in [0.2, 0.25) is 0 Å². The van der Waals surface area contributed by atoms with Crippen LogP contribution in [0.1, 0.15) is 182 Å². The maximum Gasteiger partial charge on any atom is 0.413 e. The lowest BCUT2D eigenvalue weighted by Gasteiger charge is -2.34. The van der Waals surface area contributed by atoms with E-state index >= 15 is 0 Å². The van der Waals surface area contributed by atoms with Gasteiger partial charge in [0.2, 0.25) is 5.95 Å². The van der Waals surface area contributed by atoms with Crippen LogP contribution in [0.4, 0.5) is 49.8 Å². The molecule has 0 unspecified atom stereocenters. The first kappa shape index (κ1) is 101. The van der Waals surface area contributed by atoms with E-state index in [4.69, 9.17) is 58.8 Å². The number of amides is 1. The number of benzene rings is 6. The number of rotatable bonds is 18. The van der Waals surface area contributed by atoms with Gasteiger partial charge in [0, 0.05) is 159 Å². The van der Waals surface area contributed by atoms with Crippen molar-refractivity contribution in [3.63, 3.8) is 0 Å². The van der Waals surface area contributed by atoms with Crippen molar-refractivity contribution in [3.8, 4) is 67.5 Å². The zero-order chi connectivity index (χ0) is 104. The van der Waals surface area contributed by atoms with Crippen molar-refractivity contribution >= 4 is 80.4 Å². The normalized spacial score (nSPS) is 15.7. The van der Waals surface area contributed by atoms with Gasteiger partial charge in [-0.1, -0.05) is 90.1 Å². The van der Waals surface area contributed by atoms with E-state index in [2.05, 4.69) is 257 Å². The van der Waals surface area contributed by atoms with E-state index in [1.165, 1.54) is 52.9 Å². The average molecular weight is 2000 g/mol. The zero-order valence-corrected chi connectivity index (χ0v) is 88.7. The molecule has 0 atom stereocenters. The molecule has 768 valence electrons. The summed E-state index contributed by atoms with van der Waals surface area (Å²) >= 11 is 0. The molecule has 0 radical (unpaired) electrons. The highest BCUT2D eigenvalue weighted by molar-refractivity contribution is 5.94. The van der Waals surface area contributed by atoms with E-state index in [0.29, 0.717) is 82.7 Å². The van der Waals surface area contributed by atoms with Gasteiger partial charge in [0.05, 0.1) is 81.0 Å². The van der Waals surface area contributed by atoms with Crippen LogP contribution in [-0.2, 0) is 95.5 Å². The lowest BCUT2D eigenvalue weighted by Crippen LogP contribution is -2.32. The van der Waals surface area contributed by atoms with E-state index in [1.54, 1.807) is 12.5 Å². The Morgan fingerprint density at radius 2 is 0.899 bits per heavy atom. The number of aliphatic imine (C=N–C) groups is 2. The minimum atomic E-state index is -0.594. The van der Waals surface area contributed by atoms with Crippen LogP contribution in [0.25, 0.3) is 66.8 Å². The lowest BCUT2D eigenvalue weighted by molar-refractivity contribution is 0.186.